The third-order valence-corrected chi connectivity index (χ3v) is 4.11. The van der Waals surface area contributed by atoms with Crippen LogP contribution in [0.5, 0.6) is 0 Å². The summed E-state index contributed by atoms with van der Waals surface area (Å²) >= 11 is 1.35. The molecular weight excluding hydrogens is 318 g/mol. The van der Waals surface area contributed by atoms with E-state index in [1.807, 2.05) is 0 Å². The molecule has 7 nitrogen and oxygen atoms in total. The van der Waals surface area contributed by atoms with Crippen LogP contribution in [-0.2, 0) is 0 Å². The molecule has 114 valence electrons. The molecule has 1 heterocycles. The number of fused-ring (bicyclic) bond motifs is 1. The van der Waals surface area contributed by atoms with Gasteiger partial charge >= 0.3 is 0 Å². The summed E-state index contributed by atoms with van der Waals surface area (Å²) in [6.07, 6.45) is 3.56. The Morgan fingerprint density at radius 3 is 2.22 bits per heavy atom. The van der Waals surface area contributed by atoms with E-state index in [1.165, 1.54) is 35.6 Å². The molecule has 2 aromatic carbocycles. The van der Waals surface area contributed by atoms with Crippen molar-refractivity contribution in [1.29, 1.82) is 0 Å². The van der Waals surface area contributed by atoms with Gasteiger partial charge < -0.3 is 0 Å². The molecule has 0 aliphatic carbocycles. The van der Waals surface area contributed by atoms with Crippen LogP contribution in [0.3, 0.4) is 0 Å². The molecule has 0 unspecified atom stereocenters. The van der Waals surface area contributed by atoms with Crippen LogP contribution >= 0.6 is 11.3 Å². The van der Waals surface area contributed by atoms with Crippen molar-refractivity contribution in [2.75, 3.05) is 0 Å². The van der Waals surface area contributed by atoms with Crippen LogP contribution in [0.1, 0.15) is 10.6 Å². The zero-order chi connectivity index (χ0) is 16.4. The third kappa shape index (κ3) is 3.22. The number of non-ortho nitro benzene ring substituents is 2. The lowest BCUT2D eigenvalue weighted by Gasteiger charge is -1.92. The van der Waals surface area contributed by atoms with E-state index in [1.54, 1.807) is 30.4 Å². The minimum absolute atomic E-state index is 0.0343. The van der Waals surface area contributed by atoms with Crippen molar-refractivity contribution in [2.24, 2.45) is 0 Å². The first-order chi connectivity index (χ1) is 11.0. The highest BCUT2D eigenvalue weighted by Gasteiger charge is 2.09. The number of hydrogen-bond acceptors (Lipinski definition) is 6. The standard InChI is InChI=1S/C15H9N3O4S/c19-17(20)11-4-1-10(2-5-11)3-8-15-16-13-7-6-12(18(21)22)9-14(13)23-15/h1-9H. The molecule has 0 spiro atoms. The number of nitrogens with zero attached hydrogens (tertiary/aromatic N) is 3. The fourth-order valence-electron chi connectivity index (χ4n) is 1.99. The average molecular weight is 327 g/mol. The number of nitro benzene ring substituents is 2. The SMILES string of the molecule is O=[N+]([O-])c1ccc(C=Cc2nc3ccc([N+](=O)[O-])cc3s2)cc1. The van der Waals surface area contributed by atoms with E-state index in [9.17, 15) is 20.2 Å². The summed E-state index contributed by atoms with van der Waals surface area (Å²) in [7, 11) is 0. The molecule has 3 rings (SSSR count). The molecule has 0 atom stereocenters. The number of benzene rings is 2. The van der Waals surface area contributed by atoms with Gasteiger partial charge in [0.2, 0.25) is 0 Å². The number of thiazole rings is 1. The van der Waals surface area contributed by atoms with Gasteiger partial charge in [-0.05, 0) is 29.8 Å². The summed E-state index contributed by atoms with van der Waals surface area (Å²) in [5, 5.41) is 22.1. The predicted octanol–water partition coefficient (Wildman–Crippen LogP) is 4.28. The van der Waals surface area contributed by atoms with Gasteiger partial charge in [-0.3, -0.25) is 20.2 Å². The smallest absolute Gasteiger partial charge is 0.258 e. The number of hydrogen-bond donors (Lipinski definition) is 0. The molecule has 0 fully saturated rings. The minimum Gasteiger partial charge on any atom is -0.258 e. The van der Waals surface area contributed by atoms with Crippen molar-refractivity contribution < 1.29 is 9.85 Å². The van der Waals surface area contributed by atoms with Gasteiger partial charge in [0, 0.05) is 24.3 Å². The van der Waals surface area contributed by atoms with Gasteiger partial charge in [0.05, 0.1) is 20.1 Å². The fraction of sp³-hybridized carbons (Fsp3) is 0. The van der Waals surface area contributed by atoms with E-state index in [-0.39, 0.29) is 11.4 Å². The first-order valence-electron chi connectivity index (χ1n) is 6.50. The van der Waals surface area contributed by atoms with Crippen molar-refractivity contribution in [1.82, 2.24) is 4.98 Å². The summed E-state index contributed by atoms with van der Waals surface area (Å²) < 4.78 is 0.738. The highest BCUT2D eigenvalue weighted by molar-refractivity contribution is 7.19. The van der Waals surface area contributed by atoms with E-state index < -0.39 is 9.85 Å². The van der Waals surface area contributed by atoms with Gasteiger partial charge in [0.25, 0.3) is 11.4 Å². The molecule has 0 saturated heterocycles. The lowest BCUT2D eigenvalue weighted by Crippen LogP contribution is -1.86. The maximum atomic E-state index is 10.8. The quantitative estimate of drug-likeness (QED) is 0.526. The summed E-state index contributed by atoms with van der Waals surface area (Å²) in [6, 6.07) is 10.7. The second-order valence-electron chi connectivity index (χ2n) is 4.64. The molecule has 0 bridgehead atoms. The summed E-state index contributed by atoms with van der Waals surface area (Å²) in [5.74, 6) is 0. The Balaban J connectivity index is 1.85. The molecule has 0 radical (unpaired) electrons. The van der Waals surface area contributed by atoms with Crippen LogP contribution in [0, 0.1) is 20.2 Å². The van der Waals surface area contributed by atoms with Crippen molar-refractivity contribution in [3.63, 3.8) is 0 Å². The van der Waals surface area contributed by atoms with Gasteiger partial charge in [-0.1, -0.05) is 6.08 Å². The summed E-state index contributed by atoms with van der Waals surface area (Å²) in [6.45, 7) is 0. The van der Waals surface area contributed by atoms with Crippen molar-refractivity contribution >= 4 is 45.1 Å². The van der Waals surface area contributed by atoms with Gasteiger partial charge in [-0.25, -0.2) is 4.98 Å². The predicted molar refractivity (Wildman–Crippen MR) is 88.3 cm³/mol. The average Bonchev–Trinajstić information content (AvgIpc) is 2.95. The third-order valence-electron chi connectivity index (χ3n) is 3.12. The second-order valence-corrected chi connectivity index (χ2v) is 5.71. The van der Waals surface area contributed by atoms with Crippen molar-refractivity contribution in [3.8, 4) is 0 Å². The van der Waals surface area contributed by atoms with Gasteiger partial charge in [-0.15, -0.1) is 11.3 Å². The lowest BCUT2D eigenvalue weighted by atomic mass is 10.2. The van der Waals surface area contributed by atoms with Crippen LogP contribution in [0.4, 0.5) is 11.4 Å². The van der Waals surface area contributed by atoms with E-state index in [4.69, 9.17) is 0 Å². The Hall–Kier alpha value is -3.13. The van der Waals surface area contributed by atoms with E-state index in [2.05, 4.69) is 4.98 Å². The maximum Gasteiger partial charge on any atom is 0.270 e. The normalized spacial score (nSPS) is 11.1. The zero-order valence-corrected chi connectivity index (χ0v) is 12.4. The number of rotatable bonds is 4. The molecule has 8 heteroatoms. The highest BCUT2D eigenvalue weighted by Crippen LogP contribution is 2.27. The largest absolute Gasteiger partial charge is 0.270 e. The minimum atomic E-state index is -0.450. The van der Waals surface area contributed by atoms with Crippen molar-refractivity contribution in [2.45, 2.75) is 0 Å². The molecule has 0 aliphatic rings. The maximum absolute atomic E-state index is 10.8. The summed E-state index contributed by atoms with van der Waals surface area (Å²) in [4.78, 5) is 24.8. The van der Waals surface area contributed by atoms with Gasteiger partial charge in [0.15, 0.2) is 0 Å². The molecule has 1 aromatic heterocycles. The Labute approximate surface area is 133 Å². The number of nitro groups is 2. The van der Waals surface area contributed by atoms with Crippen molar-refractivity contribution in [3.05, 3.63) is 73.3 Å². The van der Waals surface area contributed by atoms with E-state index in [0.717, 1.165) is 10.3 Å². The Morgan fingerprint density at radius 1 is 0.913 bits per heavy atom. The number of aromatic nitrogens is 1. The van der Waals surface area contributed by atoms with Crippen LogP contribution in [0.25, 0.3) is 22.4 Å². The molecule has 0 N–H and O–H groups in total. The van der Waals surface area contributed by atoms with Gasteiger partial charge in [-0.2, -0.15) is 0 Å². The Morgan fingerprint density at radius 2 is 1.57 bits per heavy atom. The molecule has 0 amide bonds. The monoisotopic (exact) mass is 327 g/mol. The fourth-order valence-corrected chi connectivity index (χ4v) is 2.89. The summed E-state index contributed by atoms with van der Waals surface area (Å²) in [5.41, 5.74) is 1.58. The highest BCUT2D eigenvalue weighted by atomic mass is 32.1. The van der Waals surface area contributed by atoms with E-state index in [0.29, 0.717) is 10.5 Å². The molecular formula is C15H9N3O4S. The van der Waals surface area contributed by atoms with Crippen LogP contribution in [-0.4, -0.2) is 14.8 Å². The first kappa shape index (κ1) is 14.8. The Kier molecular flexibility index (Phi) is 3.82. The van der Waals surface area contributed by atoms with Crippen LogP contribution < -0.4 is 0 Å². The lowest BCUT2D eigenvalue weighted by molar-refractivity contribution is -0.385. The van der Waals surface area contributed by atoms with E-state index >= 15 is 0 Å². The van der Waals surface area contributed by atoms with Gasteiger partial charge in [0.1, 0.15) is 5.01 Å². The molecule has 3 aromatic rings. The first-order valence-corrected chi connectivity index (χ1v) is 7.32. The van der Waals surface area contributed by atoms with Crippen LogP contribution in [0.15, 0.2) is 42.5 Å². The molecule has 23 heavy (non-hydrogen) atoms. The Bertz CT molecular complexity index is 932. The molecule has 0 aliphatic heterocycles. The zero-order valence-electron chi connectivity index (χ0n) is 11.6. The molecule has 0 saturated carbocycles. The second kappa shape index (κ2) is 5.93. The topological polar surface area (TPSA) is 99.2 Å². The van der Waals surface area contributed by atoms with Crippen LogP contribution in [0.2, 0.25) is 0 Å².